The van der Waals surface area contributed by atoms with Crippen LogP contribution < -0.4 is 10.9 Å². The highest BCUT2D eigenvalue weighted by atomic mass is 35.5. The third-order valence-corrected chi connectivity index (χ3v) is 6.48. The second-order valence-electron chi connectivity index (χ2n) is 7.53. The maximum absolute atomic E-state index is 13.2. The number of amides is 1. The SMILES string of the molecule is O=C(NC(Cc1cc(=O)[nH]c2ccccc12)C(=O)SCc1ccccc1)c1ccc(Cl)cc1. The molecule has 1 atom stereocenters. The number of H-pyrrole nitrogens is 1. The van der Waals surface area contributed by atoms with Crippen molar-refractivity contribution in [2.24, 2.45) is 0 Å². The van der Waals surface area contributed by atoms with Crippen LogP contribution in [-0.2, 0) is 17.0 Å². The molecule has 0 aliphatic rings. The number of halogens is 1. The molecule has 1 aromatic heterocycles. The van der Waals surface area contributed by atoms with E-state index in [4.69, 9.17) is 11.6 Å². The van der Waals surface area contributed by atoms with Gasteiger partial charge in [-0.15, -0.1) is 0 Å². The predicted octanol–water partition coefficient (Wildman–Crippen LogP) is 4.98. The molecule has 1 heterocycles. The average Bonchev–Trinajstić information content (AvgIpc) is 2.83. The normalized spacial score (nSPS) is 11.8. The number of hydrogen-bond acceptors (Lipinski definition) is 4. The van der Waals surface area contributed by atoms with Crippen molar-refractivity contribution in [2.45, 2.75) is 18.2 Å². The Hall–Kier alpha value is -3.35. The van der Waals surface area contributed by atoms with Gasteiger partial charge >= 0.3 is 0 Å². The molecule has 0 saturated heterocycles. The van der Waals surface area contributed by atoms with Gasteiger partial charge in [-0.25, -0.2) is 0 Å². The van der Waals surface area contributed by atoms with E-state index in [1.165, 1.54) is 6.07 Å². The molecule has 0 aliphatic carbocycles. The molecular formula is C26H21ClN2O3S. The lowest BCUT2D eigenvalue weighted by Gasteiger charge is -2.18. The van der Waals surface area contributed by atoms with Crippen LogP contribution in [0.15, 0.2) is 89.7 Å². The number of thioether (sulfide) groups is 1. The predicted molar refractivity (Wildman–Crippen MR) is 134 cm³/mol. The van der Waals surface area contributed by atoms with Gasteiger partial charge in [-0.3, -0.25) is 14.4 Å². The molecule has 4 rings (SSSR count). The zero-order valence-electron chi connectivity index (χ0n) is 17.6. The molecule has 0 fully saturated rings. The summed E-state index contributed by atoms with van der Waals surface area (Å²) in [5, 5.41) is 4.04. The van der Waals surface area contributed by atoms with Crippen molar-refractivity contribution < 1.29 is 9.59 Å². The van der Waals surface area contributed by atoms with Gasteiger partial charge in [0.1, 0.15) is 6.04 Å². The lowest BCUT2D eigenvalue weighted by molar-refractivity contribution is -0.112. The molecule has 2 N–H and O–H groups in total. The number of fused-ring (bicyclic) bond motifs is 1. The Morgan fingerprint density at radius 3 is 2.39 bits per heavy atom. The Morgan fingerprint density at radius 1 is 0.939 bits per heavy atom. The van der Waals surface area contributed by atoms with Crippen molar-refractivity contribution in [1.29, 1.82) is 0 Å². The number of para-hydroxylation sites is 1. The molecule has 0 spiro atoms. The van der Waals surface area contributed by atoms with Crippen LogP contribution in [0.2, 0.25) is 5.02 Å². The molecule has 1 unspecified atom stereocenters. The van der Waals surface area contributed by atoms with Gasteiger partial charge < -0.3 is 10.3 Å². The van der Waals surface area contributed by atoms with Crippen LogP contribution >= 0.6 is 23.4 Å². The standard InChI is InChI=1S/C26H21ClN2O3S/c27-20-12-10-18(11-13-20)25(31)29-23(26(32)33-16-17-6-2-1-3-7-17)14-19-15-24(30)28-22-9-5-4-8-21(19)22/h1-13,15,23H,14,16H2,(H,28,30)(H,29,31). The zero-order valence-corrected chi connectivity index (χ0v) is 19.2. The van der Waals surface area contributed by atoms with Gasteiger partial charge in [0.15, 0.2) is 0 Å². The number of nitrogens with one attached hydrogen (secondary N) is 2. The summed E-state index contributed by atoms with van der Waals surface area (Å²) >= 11 is 7.07. The maximum atomic E-state index is 13.2. The van der Waals surface area contributed by atoms with Crippen molar-refractivity contribution >= 4 is 45.3 Å². The quantitative estimate of drug-likeness (QED) is 0.394. The van der Waals surface area contributed by atoms with E-state index in [1.807, 2.05) is 54.6 Å². The third-order valence-electron chi connectivity index (χ3n) is 5.18. The molecule has 0 bridgehead atoms. The van der Waals surface area contributed by atoms with E-state index in [9.17, 15) is 14.4 Å². The number of aromatic amines is 1. The summed E-state index contributed by atoms with van der Waals surface area (Å²) < 4.78 is 0. The fourth-order valence-electron chi connectivity index (χ4n) is 3.53. The fraction of sp³-hybridized carbons (Fsp3) is 0.115. The minimum atomic E-state index is -0.813. The van der Waals surface area contributed by atoms with Gasteiger partial charge in [0.05, 0.1) is 0 Å². The monoisotopic (exact) mass is 476 g/mol. The van der Waals surface area contributed by atoms with E-state index in [1.54, 1.807) is 24.3 Å². The Labute approximate surface area is 200 Å². The van der Waals surface area contributed by atoms with E-state index in [0.717, 1.165) is 22.7 Å². The Bertz CT molecular complexity index is 1340. The van der Waals surface area contributed by atoms with E-state index in [2.05, 4.69) is 10.3 Å². The highest BCUT2D eigenvalue weighted by Crippen LogP contribution is 2.21. The number of pyridine rings is 1. The van der Waals surface area contributed by atoms with Crippen molar-refractivity contribution in [3.63, 3.8) is 0 Å². The van der Waals surface area contributed by atoms with E-state index in [-0.39, 0.29) is 23.0 Å². The molecule has 33 heavy (non-hydrogen) atoms. The second kappa shape index (κ2) is 10.5. The van der Waals surface area contributed by atoms with Crippen LogP contribution in [0.1, 0.15) is 21.5 Å². The van der Waals surface area contributed by atoms with Crippen molar-refractivity contribution in [2.75, 3.05) is 0 Å². The minimum absolute atomic E-state index is 0.175. The highest BCUT2D eigenvalue weighted by Gasteiger charge is 2.23. The number of benzene rings is 3. The summed E-state index contributed by atoms with van der Waals surface area (Å²) in [6, 6.07) is 24.2. The van der Waals surface area contributed by atoms with Crippen LogP contribution in [0, 0.1) is 0 Å². The summed E-state index contributed by atoms with van der Waals surface area (Å²) in [4.78, 5) is 41.1. The first-order chi connectivity index (χ1) is 16.0. The molecule has 3 aromatic carbocycles. The van der Waals surface area contributed by atoms with Crippen LogP contribution in [0.4, 0.5) is 0 Å². The summed E-state index contributed by atoms with van der Waals surface area (Å²) in [5.74, 6) is 0.114. The number of rotatable bonds is 7. The van der Waals surface area contributed by atoms with Crippen LogP contribution in [0.3, 0.4) is 0 Å². The van der Waals surface area contributed by atoms with Gasteiger partial charge in [-0.05, 0) is 41.5 Å². The van der Waals surface area contributed by atoms with Crippen LogP contribution in [0.5, 0.6) is 0 Å². The number of carbonyl (C=O) groups excluding carboxylic acids is 2. The second-order valence-corrected chi connectivity index (χ2v) is 8.95. The average molecular weight is 477 g/mol. The fourth-order valence-corrected chi connectivity index (χ4v) is 4.50. The molecule has 0 saturated carbocycles. The molecular weight excluding hydrogens is 456 g/mol. The summed E-state index contributed by atoms with van der Waals surface area (Å²) in [7, 11) is 0. The maximum Gasteiger partial charge on any atom is 0.251 e. The van der Waals surface area contributed by atoms with Gasteiger partial charge in [0, 0.05) is 39.7 Å². The van der Waals surface area contributed by atoms with Crippen molar-refractivity contribution in [3.05, 3.63) is 117 Å². The first-order valence-corrected chi connectivity index (χ1v) is 11.7. The van der Waals surface area contributed by atoms with Crippen molar-refractivity contribution in [1.82, 2.24) is 10.3 Å². The van der Waals surface area contributed by atoms with Gasteiger partial charge in [-0.2, -0.15) is 0 Å². The first kappa shape index (κ1) is 22.8. The van der Waals surface area contributed by atoms with Crippen LogP contribution in [-0.4, -0.2) is 22.0 Å². The number of aromatic nitrogens is 1. The van der Waals surface area contributed by atoms with Gasteiger partial charge in [-0.1, -0.05) is 71.9 Å². The largest absolute Gasteiger partial charge is 0.341 e. The lowest BCUT2D eigenvalue weighted by atomic mass is 10.0. The zero-order chi connectivity index (χ0) is 23.2. The van der Waals surface area contributed by atoms with Gasteiger partial charge in [0.25, 0.3) is 5.91 Å². The molecule has 166 valence electrons. The third kappa shape index (κ3) is 5.92. The lowest BCUT2D eigenvalue weighted by Crippen LogP contribution is -2.41. The molecule has 5 nitrogen and oxygen atoms in total. The van der Waals surface area contributed by atoms with E-state index in [0.29, 0.717) is 27.4 Å². The first-order valence-electron chi connectivity index (χ1n) is 10.4. The highest BCUT2D eigenvalue weighted by molar-refractivity contribution is 8.13. The smallest absolute Gasteiger partial charge is 0.251 e. The Balaban J connectivity index is 1.60. The number of hydrogen-bond donors (Lipinski definition) is 2. The Kier molecular flexibility index (Phi) is 7.27. The molecule has 0 aliphatic heterocycles. The topological polar surface area (TPSA) is 79.0 Å². The summed E-state index contributed by atoms with van der Waals surface area (Å²) in [5.41, 5.74) is 2.55. The molecule has 0 radical (unpaired) electrons. The summed E-state index contributed by atoms with van der Waals surface area (Å²) in [6.45, 7) is 0. The molecule has 1 amide bonds. The number of carbonyl (C=O) groups is 2. The van der Waals surface area contributed by atoms with Gasteiger partial charge in [0.2, 0.25) is 10.7 Å². The minimum Gasteiger partial charge on any atom is -0.341 e. The molecule has 7 heteroatoms. The summed E-state index contributed by atoms with van der Waals surface area (Å²) in [6.07, 6.45) is 0.199. The van der Waals surface area contributed by atoms with E-state index >= 15 is 0 Å². The molecule has 4 aromatic rings. The Morgan fingerprint density at radius 2 is 1.64 bits per heavy atom. The van der Waals surface area contributed by atoms with E-state index < -0.39 is 6.04 Å². The van der Waals surface area contributed by atoms with Crippen LogP contribution in [0.25, 0.3) is 10.9 Å². The van der Waals surface area contributed by atoms with Crippen molar-refractivity contribution in [3.8, 4) is 0 Å².